The summed E-state index contributed by atoms with van der Waals surface area (Å²) < 4.78 is 12.3. The topological polar surface area (TPSA) is 0 Å². The highest BCUT2D eigenvalue weighted by Crippen LogP contribution is 2.40. The maximum Gasteiger partial charge on any atom is 0.0894 e. The second-order valence-corrected chi connectivity index (χ2v) is 11.0. The van der Waals surface area contributed by atoms with E-state index in [0.29, 0.717) is 5.92 Å². The molecule has 33 heavy (non-hydrogen) atoms. The maximum atomic E-state index is 12.3. The summed E-state index contributed by atoms with van der Waals surface area (Å²) in [4.78, 5) is 0. The second-order valence-electron chi connectivity index (χ2n) is 11.0. The number of benzene rings is 2. The first-order valence-electron chi connectivity index (χ1n) is 14.0. The van der Waals surface area contributed by atoms with Crippen LogP contribution in [-0.4, -0.2) is 6.67 Å². The number of alkyl halides is 1. The van der Waals surface area contributed by atoms with Gasteiger partial charge in [-0.25, -0.2) is 0 Å². The Bertz CT molecular complexity index is 789. The highest BCUT2D eigenvalue weighted by molar-refractivity contribution is 5.64. The van der Waals surface area contributed by atoms with Crippen molar-refractivity contribution in [3.05, 3.63) is 59.7 Å². The number of unbranched alkanes of at least 4 members (excludes halogenated alkanes) is 2. The molecule has 0 heterocycles. The van der Waals surface area contributed by atoms with Gasteiger partial charge < -0.3 is 0 Å². The Labute approximate surface area is 202 Å². The fourth-order valence-electron chi connectivity index (χ4n) is 6.48. The molecule has 1 heteroatoms. The summed E-state index contributed by atoms with van der Waals surface area (Å²) in [7, 11) is 0. The van der Waals surface area contributed by atoms with Crippen LogP contribution in [0, 0.1) is 11.8 Å². The molecule has 0 unspecified atom stereocenters. The first-order valence-corrected chi connectivity index (χ1v) is 14.0. The zero-order valence-electron chi connectivity index (χ0n) is 20.9. The van der Waals surface area contributed by atoms with Crippen LogP contribution in [0.25, 0.3) is 11.1 Å². The van der Waals surface area contributed by atoms with Gasteiger partial charge in [-0.15, -0.1) is 0 Å². The molecule has 0 spiro atoms. The zero-order chi connectivity index (χ0) is 22.9. The molecule has 0 radical (unpaired) electrons. The molecular weight excluding hydrogens is 403 g/mol. The molecule has 0 aromatic heterocycles. The molecule has 2 aromatic carbocycles. The largest absolute Gasteiger partial charge is 0.251 e. The molecule has 0 bridgehead atoms. The summed E-state index contributed by atoms with van der Waals surface area (Å²) >= 11 is 0. The third-order valence-electron chi connectivity index (χ3n) is 8.75. The summed E-state index contributed by atoms with van der Waals surface area (Å²) in [5.41, 5.74) is 5.75. The minimum atomic E-state index is -0.148. The Morgan fingerprint density at radius 2 is 1.00 bits per heavy atom. The van der Waals surface area contributed by atoms with Crippen LogP contribution in [0.15, 0.2) is 48.5 Å². The predicted molar refractivity (Wildman–Crippen MR) is 141 cm³/mol. The van der Waals surface area contributed by atoms with Crippen molar-refractivity contribution >= 4 is 0 Å². The minimum Gasteiger partial charge on any atom is -0.251 e. The Balaban J connectivity index is 1.27. The number of rotatable bonds is 10. The lowest BCUT2D eigenvalue weighted by Gasteiger charge is -2.29. The summed E-state index contributed by atoms with van der Waals surface area (Å²) in [6.07, 6.45) is 18.1. The van der Waals surface area contributed by atoms with Crippen LogP contribution >= 0.6 is 0 Å². The van der Waals surface area contributed by atoms with Gasteiger partial charge in [-0.3, -0.25) is 4.39 Å². The van der Waals surface area contributed by atoms with Crippen LogP contribution in [0.5, 0.6) is 0 Å². The lowest BCUT2D eigenvalue weighted by atomic mass is 9.76. The van der Waals surface area contributed by atoms with E-state index in [0.717, 1.165) is 30.6 Å². The standard InChI is InChI=1S/C32H45F/c1-2-3-6-25-8-12-27(13-9-25)29-16-20-31(21-17-29)32-22-18-30(19-23-32)28-14-10-26(11-15-28)7-4-5-24-33/h16-23,25-28H,2-15,24H2,1H3. The van der Waals surface area contributed by atoms with E-state index in [1.807, 2.05) is 0 Å². The van der Waals surface area contributed by atoms with Gasteiger partial charge in [0.15, 0.2) is 0 Å². The quantitative estimate of drug-likeness (QED) is 0.317. The van der Waals surface area contributed by atoms with Crippen LogP contribution in [0.1, 0.15) is 120 Å². The first-order chi connectivity index (χ1) is 16.3. The van der Waals surface area contributed by atoms with E-state index in [4.69, 9.17) is 0 Å². The van der Waals surface area contributed by atoms with Gasteiger partial charge in [-0.05, 0) is 104 Å². The molecule has 0 atom stereocenters. The van der Waals surface area contributed by atoms with Gasteiger partial charge in [-0.2, -0.15) is 0 Å². The monoisotopic (exact) mass is 448 g/mol. The third kappa shape index (κ3) is 6.93. The Kier molecular flexibility index (Phi) is 9.45. The van der Waals surface area contributed by atoms with Crippen molar-refractivity contribution in [3.63, 3.8) is 0 Å². The van der Waals surface area contributed by atoms with Gasteiger partial charge in [0.05, 0.1) is 6.67 Å². The van der Waals surface area contributed by atoms with E-state index in [2.05, 4.69) is 55.5 Å². The van der Waals surface area contributed by atoms with Gasteiger partial charge in [0.25, 0.3) is 0 Å². The van der Waals surface area contributed by atoms with Crippen LogP contribution in [-0.2, 0) is 0 Å². The van der Waals surface area contributed by atoms with E-state index in [1.54, 1.807) is 5.56 Å². The van der Waals surface area contributed by atoms with Gasteiger partial charge in [0.2, 0.25) is 0 Å². The SMILES string of the molecule is CCCCC1CCC(c2ccc(-c3ccc(C4CCC(CCCCF)CC4)cc3)cc2)CC1. The Morgan fingerprint density at radius 1 is 0.576 bits per heavy atom. The van der Waals surface area contributed by atoms with Crippen LogP contribution in [0.4, 0.5) is 4.39 Å². The molecule has 2 aliphatic rings. The average molecular weight is 449 g/mol. The predicted octanol–water partition coefficient (Wildman–Crippen LogP) is 10.2. The van der Waals surface area contributed by atoms with Crippen molar-refractivity contribution in [1.82, 2.24) is 0 Å². The number of halogens is 1. The molecule has 0 N–H and O–H groups in total. The summed E-state index contributed by atoms with van der Waals surface area (Å²) in [5, 5.41) is 0. The van der Waals surface area contributed by atoms with Gasteiger partial charge in [0, 0.05) is 0 Å². The van der Waals surface area contributed by atoms with Crippen molar-refractivity contribution in [2.45, 2.75) is 109 Å². The molecule has 0 saturated heterocycles. The summed E-state index contributed by atoms with van der Waals surface area (Å²) in [6, 6.07) is 18.9. The minimum absolute atomic E-state index is 0.148. The molecule has 2 aromatic rings. The van der Waals surface area contributed by atoms with Crippen LogP contribution < -0.4 is 0 Å². The van der Waals surface area contributed by atoms with E-state index in [-0.39, 0.29) is 6.67 Å². The van der Waals surface area contributed by atoms with E-state index in [1.165, 1.54) is 93.7 Å². The van der Waals surface area contributed by atoms with E-state index in [9.17, 15) is 4.39 Å². The van der Waals surface area contributed by atoms with Crippen molar-refractivity contribution < 1.29 is 4.39 Å². The molecule has 0 amide bonds. The van der Waals surface area contributed by atoms with Crippen molar-refractivity contribution in [3.8, 4) is 11.1 Å². The Hall–Kier alpha value is -1.63. The van der Waals surface area contributed by atoms with Crippen molar-refractivity contribution in [2.75, 3.05) is 6.67 Å². The molecule has 2 fully saturated rings. The first kappa shape index (κ1) is 24.5. The lowest BCUT2D eigenvalue weighted by molar-refractivity contribution is 0.298. The van der Waals surface area contributed by atoms with Gasteiger partial charge in [0.1, 0.15) is 0 Å². The molecule has 0 nitrogen and oxygen atoms in total. The molecule has 2 aliphatic carbocycles. The lowest BCUT2D eigenvalue weighted by Crippen LogP contribution is -2.13. The fraction of sp³-hybridized carbons (Fsp3) is 0.625. The molecular formula is C32H45F. The molecule has 4 rings (SSSR count). The van der Waals surface area contributed by atoms with Crippen LogP contribution in [0.2, 0.25) is 0 Å². The van der Waals surface area contributed by atoms with Gasteiger partial charge in [-0.1, -0.05) is 87.6 Å². The van der Waals surface area contributed by atoms with E-state index < -0.39 is 0 Å². The number of hydrogen-bond donors (Lipinski definition) is 0. The molecule has 180 valence electrons. The second kappa shape index (κ2) is 12.7. The summed E-state index contributed by atoms with van der Waals surface area (Å²) in [5.74, 6) is 3.30. The fourth-order valence-corrected chi connectivity index (χ4v) is 6.48. The normalized spacial score (nSPS) is 25.8. The maximum absolute atomic E-state index is 12.3. The van der Waals surface area contributed by atoms with E-state index >= 15 is 0 Å². The van der Waals surface area contributed by atoms with Crippen LogP contribution in [0.3, 0.4) is 0 Å². The highest BCUT2D eigenvalue weighted by atomic mass is 19.1. The zero-order valence-corrected chi connectivity index (χ0v) is 20.9. The Morgan fingerprint density at radius 3 is 1.39 bits per heavy atom. The molecule has 2 saturated carbocycles. The molecule has 0 aliphatic heterocycles. The number of hydrogen-bond acceptors (Lipinski definition) is 0. The smallest absolute Gasteiger partial charge is 0.0894 e. The van der Waals surface area contributed by atoms with Gasteiger partial charge >= 0.3 is 0 Å². The van der Waals surface area contributed by atoms with Crippen molar-refractivity contribution in [1.29, 1.82) is 0 Å². The third-order valence-corrected chi connectivity index (χ3v) is 8.75. The average Bonchev–Trinajstić information content (AvgIpc) is 2.89. The highest BCUT2D eigenvalue weighted by Gasteiger charge is 2.23. The summed E-state index contributed by atoms with van der Waals surface area (Å²) in [6.45, 7) is 2.16. The van der Waals surface area contributed by atoms with Crippen molar-refractivity contribution in [2.24, 2.45) is 11.8 Å².